The Hall–Kier alpha value is -1.18. The number of carbonyl (C=O) groups excluding carboxylic acids is 1. The van der Waals surface area contributed by atoms with Gasteiger partial charge in [-0.1, -0.05) is 26.7 Å². The molecule has 0 saturated carbocycles. The van der Waals surface area contributed by atoms with Gasteiger partial charge in [-0.25, -0.2) is 9.78 Å². The molecule has 0 aromatic carbocycles. The van der Waals surface area contributed by atoms with Crippen molar-refractivity contribution in [1.29, 1.82) is 0 Å². The summed E-state index contributed by atoms with van der Waals surface area (Å²) in [6.07, 6.45) is 4.40. The molecular weight excluding hydrogens is 362 g/mol. The quantitative estimate of drug-likeness (QED) is 0.528. The highest BCUT2D eigenvalue weighted by molar-refractivity contribution is 7.09. The number of rotatable bonds is 11. The highest BCUT2D eigenvalue weighted by Crippen LogP contribution is 2.13. The molecule has 27 heavy (non-hydrogen) atoms. The second-order valence-electron chi connectivity index (χ2n) is 8.58. The van der Waals surface area contributed by atoms with Gasteiger partial charge in [-0.3, -0.25) is 0 Å². The Bertz CT molecular complexity index is 529. The molecular formula is C20H37N3O3S. The number of ether oxygens (including phenoxy) is 1. The van der Waals surface area contributed by atoms with E-state index in [0.717, 1.165) is 11.4 Å². The first-order chi connectivity index (χ1) is 12.6. The third-order valence-electron chi connectivity index (χ3n) is 4.14. The number of hydrogen-bond acceptors (Lipinski definition) is 6. The van der Waals surface area contributed by atoms with Gasteiger partial charge in [-0.2, -0.15) is 0 Å². The van der Waals surface area contributed by atoms with Crippen molar-refractivity contribution in [3.05, 3.63) is 16.6 Å². The lowest BCUT2D eigenvalue weighted by molar-refractivity contribution is 0.0420. The van der Waals surface area contributed by atoms with Crippen molar-refractivity contribution in [2.45, 2.75) is 91.0 Å². The van der Waals surface area contributed by atoms with Crippen LogP contribution in [0.3, 0.4) is 0 Å². The van der Waals surface area contributed by atoms with Gasteiger partial charge >= 0.3 is 6.09 Å². The lowest BCUT2D eigenvalue weighted by Gasteiger charge is -2.27. The average molecular weight is 400 g/mol. The van der Waals surface area contributed by atoms with Gasteiger partial charge in [0.15, 0.2) is 0 Å². The standard InChI is InChI=1S/C20H37N3O3S/c1-14(2)8-7-9-15(3)22-13-17(24)16(12-18-21-10-11-27-18)23-19(25)26-20(4,5)6/h10-11,14-17,22,24H,7-9,12-13H2,1-6H3,(H,23,25)/t15?,16-,17+/m0/s1. The Morgan fingerprint density at radius 1 is 1.30 bits per heavy atom. The minimum absolute atomic E-state index is 0.320. The van der Waals surface area contributed by atoms with E-state index in [1.54, 1.807) is 6.20 Å². The molecule has 0 aliphatic rings. The van der Waals surface area contributed by atoms with Crippen molar-refractivity contribution in [2.24, 2.45) is 5.92 Å². The van der Waals surface area contributed by atoms with Gasteiger partial charge in [0, 0.05) is 30.6 Å². The summed E-state index contributed by atoms with van der Waals surface area (Å²) in [6.45, 7) is 12.5. The zero-order valence-electron chi connectivity index (χ0n) is 17.6. The predicted octanol–water partition coefficient (Wildman–Crippen LogP) is 3.74. The van der Waals surface area contributed by atoms with Gasteiger partial charge in [0.25, 0.3) is 0 Å². The zero-order chi connectivity index (χ0) is 20.4. The minimum Gasteiger partial charge on any atom is -0.444 e. The second kappa shape index (κ2) is 11.6. The third kappa shape index (κ3) is 11.3. The normalized spacial score (nSPS) is 15.4. The van der Waals surface area contributed by atoms with Gasteiger partial charge in [0.2, 0.25) is 0 Å². The lowest BCUT2D eigenvalue weighted by atomic mass is 10.0. The van der Waals surface area contributed by atoms with Gasteiger partial charge in [-0.05, 0) is 40.0 Å². The van der Waals surface area contributed by atoms with Gasteiger partial charge in [0.05, 0.1) is 17.2 Å². The lowest BCUT2D eigenvalue weighted by Crippen LogP contribution is -2.50. The highest BCUT2D eigenvalue weighted by atomic mass is 32.1. The molecule has 1 heterocycles. The summed E-state index contributed by atoms with van der Waals surface area (Å²) >= 11 is 1.51. The number of carbonyl (C=O) groups is 1. The van der Waals surface area contributed by atoms with Crippen LogP contribution >= 0.6 is 11.3 Å². The van der Waals surface area contributed by atoms with Gasteiger partial charge in [-0.15, -0.1) is 11.3 Å². The van der Waals surface area contributed by atoms with Crippen LogP contribution < -0.4 is 10.6 Å². The monoisotopic (exact) mass is 399 g/mol. The van der Waals surface area contributed by atoms with Crippen molar-refractivity contribution in [3.8, 4) is 0 Å². The van der Waals surface area contributed by atoms with Crippen LogP contribution in [-0.2, 0) is 11.2 Å². The van der Waals surface area contributed by atoms with Crippen LogP contribution in [0.4, 0.5) is 4.79 Å². The molecule has 0 fully saturated rings. The molecule has 0 saturated heterocycles. The number of thiazole rings is 1. The minimum atomic E-state index is -0.728. The Balaban J connectivity index is 2.56. The van der Waals surface area contributed by atoms with Crippen LogP contribution in [0.2, 0.25) is 0 Å². The van der Waals surface area contributed by atoms with Crippen LogP contribution in [-0.4, -0.2) is 46.5 Å². The van der Waals surface area contributed by atoms with Crippen molar-refractivity contribution in [2.75, 3.05) is 6.54 Å². The average Bonchev–Trinajstić information content (AvgIpc) is 3.02. The van der Waals surface area contributed by atoms with Crippen molar-refractivity contribution >= 4 is 17.4 Å². The summed E-state index contributed by atoms with van der Waals surface area (Å²) < 4.78 is 5.34. The van der Waals surface area contributed by atoms with E-state index in [9.17, 15) is 9.90 Å². The Labute approximate surface area is 168 Å². The van der Waals surface area contributed by atoms with E-state index in [1.807, 2.05) is 26.2 Å². The molecule has 0 spiro atoms. The van der Waals surface area contributed by atoms with Crippen molar-refractivity contribution in [3.63, 3.8) is 0 Å². The smallest absolute Gasteiger partial charge is 0.407 e. The van der Waals surface area contributed by atoms with Crippen LogP contribution in [0.5, 0.6) is 0 Å². The zero-order valence-corrected chi connectivity index (χ0v) is 18.4. The highest BCUT2D eigenvalue weighted by Gasteiger charge is 2.26. The molecule has 1 rings (SSSR count). The predicted molar refractivity (Wildman–Crippen MR) is 111 cm³/mol. The van der Waals surface area contributed by atoms with E-state index in [2.05, 4.69) is 36.4 Å². The summed E-state index contributed by atoms with van der Waals surface area (Å²) in [7, 11) is 0. The fraction of sp³-hybridized carbons (Fsp3) is 0.800. The summed E-state index contributed by atoms with van der Waals surface area (Å²) in [5, 5.41) is 19.6. The van der Waals surface area contributed by atoms with Crippen LogP contribution in [0, 0.1) is 5.92 Å². The number of hydrogen-bond donors (Lipinski definition) is 3. The Morgan fingerprint density at radius 2 is 2.00 bits per heavy atom. The molecule has 7 heteroatoms. The maximum Gasteiger partial charge on any atom is 0.407 e. The number of aromatic nitrogens is 1. The van der Waals surface area contributed by atoms with Crippen molar-refractivity contribution in [1.82, 2.24) is 15.6 Å². The number of alkyl carbamates (subject to hydrolysis) is 1. The Morgan fingerprint density at radius 3 is 2.56 bits per heavy atom. The summed E-state index contributed by atoms with van der Waals surface area (Å²) in [5.74, 6) is 0.712. The molecule has 1 aromatic rings. The van der Waals surface area contributed by atoms with E-state index in [0.29, 0.717) is 24.9 Å². The number of nitrogens with zero attached hydrogens (tertiary/aromatic N) is 1. The molecule has 3 N–H and O–H groups in total. The molecule has 0 bridgehead atoms. The molecule has 1 amide bonds. The summed E-state index contributed by atoms with van der Waals surface area (Å²) in [5.41, 5.74) is -0.579. The Kier molecular flexibility index (Phi) is 10.3. The third-order valence-corrected chi connectivity index (χ3v) is 4.94. The largest absolute Gasteiger partial charge is 0.444 e. The van der Waals surface area contributed by atoms with Gasteiger partial charge < -0.3 is 20.5 Å². The summed E-state index contributed by atoms with van der Waals surface area (Å²) in [6, 6.07) is -0.137. The maximum atomic E-state index is 12.2. The molecule has 1 aromatic heterocycles. The van der Waals surface area contributed by atoms with Crippen LogP contribution in [0.25, 0.3) is 0 Å². The number of aliphatic hydroxyl groups excluding tert-OH is 1. The fourth-order valence-corrected chi connectivity index (χ4v) is 3.36. The fourth-order valence-electron chi connectivity index (χ4n) is 2.68. The van der Waals surface area contributed by atoms with E-state index in [4.69, 9.17) is 4.74 Å². The first kappa shape index (κ1) is 23.9. The molecule has 6 nitrogen and oxygen atoms in total. The molecule has 0 radical (unpaired) electrons. The van der Waals surface area contributed by atoms with E-state index < -0.39 is 23.8 Å². The molecule has 1 unspecified atom stereocenters. The summed E-state index contributed by atoms with van der Waals surface area (Å²) in [4.78, 5) is 16.4. The van der Waals surface area contributed by atoms with Crippen molar-refractivity contribution < 1.29 is 14.6 Å². The van der Waals surface area contributed by atoms with Crippen LogP contribution in [0.1, 0.15) is 65.8 Å². The molecule has 0 aliphatic carbocycles. The number of amides is 1. The first-order valence-corrected chi connectivity index (χ1v) is 10.7. The SMILES string of the molecule is CC(C)CCCC(C)NC[C@@H](O)[C@H](Cc1nccs1)NC(=O)OC(C)(C)C. The topological polar surface area (TPSA) is 83.5 Å². The van der Waals surface area contributed by atoms with Crippen LogP contribution in [0.15, 0.2) is 11.6 Å². The number of nitrogens with one attached hydrogen (secondary N) is 2. The first-order valence-electron chi connectivity index (χ1n) is 9.86. The van der Waals surface area contributed by atoms with E-state index >= 15 is 0 Å². The maximum absolute atomic E-state index is 12.2. The molecule has 3 atom stereocenters. The molecule has 156 valence electrons. The molecule has 0 aliphatic heterocycles. The number of aliphatic hydroxyl groups is 1. The van der Waals surface area contributed by atoms with E-state index in [-0.39, 0.29) is 0 Å². The van der Waals surface area contributed by atoms with Gasteiger partial charge in [0.1, 0.15) is 5.60 Å². The van der Waals surface area contributed by atoms with E-state index in [1.165, 1.54) is 24.2 Å². The second-order valence-corrected chi connectivity index (χ2v) is 9.56.